The fraction of sp³-hybridized carbons (Fsp3) is 0.200. The Balaban J connectivity index is 2.14. The van der Waals surface area contributed by atoms with Crippen molar-refractivity contribution in [1.29, 1.82) is 0 Å². The van der Waals surface area contributed by atoms with Crippen LogP contribution in [-0.4, -0.2) is 17.9 Å². The second-order valence-electron chi connectivity index (χ2n) is 2.97. The number of hydrogen-bond acceptors (Lipinski definition) is 4. The Morgan fingerprint density at radius 3 is 3.20 bits per heavy atom. The summed E-state index contributed by atoms with van der Waals surface area (Å²) in [5.41, 5.74) is 0.769. The third-order valence-corrected chi connectivity index (χ3v) is 2.81. The van der Waals surface area contributed by atoms with E-state index in [-0.39, 0.29) is 5.91 Å². The van der Waals surface area contributed by atoms with Crippen LogP contribution in [0.25, 0.3) is 10.8 Å². The Morgan fingerprint density at radius 1 is 1.67 bits per heavy atom. The van der Waals surface area contributed by atoms with Crippen molar-refractivity contribution in [2.45, 2.75) is 6.42 Å². The third kappa shape index (κ3) is 2.24. The lowest BCUT2D eigenvalue weighted by Gasteiger charge is -1.94. The molecule has 0 aliphatic heterocycles. The molecular formula is C10H10N2O2S. The molecule has 2 rings (SSSR count). The topological polar surface area (TPSA) is 55.1 Å². The Hall–Kier alpha value is -1.62. The second kappa shape index (κ2) is 4.27. The number of nitrogens with zero attached hydrogens (tertiary/aromatic N) is 1. The van der Waals surface area contributed by atoms with Crippen LogP contribution in [-0.2, 0) is 11.2 Å². The maximum absolute atomic E-state index is 11.1. The van der Waals surface area contributed by atoms with Crippen molar-refractivity contribution in [3.63, 3.8) is 0 Å². The fourth-order valence-electron chi connectivity index (χ4n) is 1.15. The number of thiazole rings is 1. The van der Waals surface area contributed by atoms with E-state index < -0.39 is 0 Å². The van der Waals surface area contributed by atoms with Crippen molar-refractivity contribution >= 4 is 17.2 Å². The van der Waals surface area contributed by atoms with Crippen molar-refractivity contribution in [3.8, 4) is 10.8 Å². The van der Waals surface area contributed by atoms with Gasteiger partial charge >= 0.3 is 0 Å². The highest BCUT2D eigenvalue weighted by molar-refractivity contribution is 7.13. The maximum Gasteiger partial charge on any atom is 0.225 e. The van der Waals surface area contributed by atoms with Crippen molar-refractivity contribution in [1.82, 2.24) is 10.3 Å². The van der Waals surface area contributed by atoms with Crippen molar-refractivity contribution in [3.05, 3.63) is 29.5 Å². The van der Waals surface area contributed by atoms with E-state index in [9.17, 15) is 4.79 Å². The molecule has 1 amide bonds. The van der Waals surface area contributed by atoms with E-state index in [4.69, 9.17) is 4.42 Å². The molecule has 78 valence electrons. The number of carbonyl (C=O) groups excluding carboxylic acids is 1. The molecule has 0 aromatic carbocycles. The molecule has 0 saturated carbocycles. The van der Waals surface area contributed by atoms with Gasteiger partial charge in [-0.15, -0.1) is 11.3 Å². The molecule has 2 aromatic rings. The van der Waals surface area contributed by atoms with Gasteiger partial charge < -0.3 is 9.73 Å². The molecule has 5 heteroatoms. The minimum Gasteiger partial charge on any atom is -0.462 e. The summed E-state index contributed by atoms with van der Waals surface area (Å²) in [6.07, 6.45) is 1.92. The molecule has 2 aromatic heterocycles. The lowest BCUT2D eigenvalue weighted by molar-refractivity contribution is -0.120. The van der Waals surface area contributed by atoms with Gasteiger partial charge in [0.2, 0.25) is 5.91 Å². The highest BCUT2D eigenvalue weighted by atomic mass is 32.1. The monoisotopic (exact) mass is 222 g/mol. The Kier molecular flexibility index (Phi) is 2.82. The van der Waals surface area contributed by atoms with Gasteiger partial charge in [0, 0.05) is 12.4 Å². The number of carbonyl (C=O) groups is 1. The molecule has 0 aliphatic carbocycles. The number of furan rings is 1. The predicted octanol–water partition coefficient (Wildman–Crippen LogP) is 1.69. The lowest BCUT2D eigenvalue weighted by atomic mass is 10.3. The summed E-state index contributed by atoms with van der Waals surface area (Å²) < 4.78 is 5.21. The summed E-state index contributed by atoms with van der Waals surface area (Å²) in [6.45, 7) is 0. The number of likely N-dealkylation sites (N-methyl/N-ethyl adjacent to an activating group) is 1. The molecule has 0 aliphatic rings. The Bertz CT molecular complexity index is 448. The van der Waals surface area contributed by atoms with Crippen molar-refractivity contribution < 1.29 is 9.21 Å². The first kappa shape index (κ1) is 9.92. The molecule has 0 unspecified atom stereocenters. The maximum atomic E-state index is 11.1. The molecule has 0 radical (unpaired) electrons. The van der Waals surface area contributed by atoms with Gasteiger partial charge in [-0.05, 0) is 12.1 Å². The van der Waals surface area contributed by atoms with E-state index in [1.807, 2.05) is 17.5 Å². The molecule has 2 heterocycles. The van der Waals surface area contributed by atoms with Gasteiger partial charge in [0.1, 0.15) is 0 Å². The average Bonchev–Trinajstić information content (AvgIpc) is 2.85. The van der Waals surface area contributed by atoms with E-state index in [1.165, 1.54) is 11.3 Å². The van der Waals surface area contributed by atoms with E-state index in [0.29, 0.717) is 6.42 Å². The van der Waals surface area contributed by atoms with Gasteiger partial charge in [-0.25, -0.2) is 4.98 Å². The predicted molar refractivity (Wildman–Crippen MR) is 57.6 cm³/mol. The number of nitrogens with one attached hydrogen (secondary N) is 1. The van der Waals surface area contributed by atoms with Crippen LogP contribution in [0.5, 0.6) is 0 Å². The minimum atomic E-state index is -0.0358. The van der Waals surface area contributed by atoms with Crippen LogP contribution in [0.15, 0.2) is 28.2 Å². The van der Waals surface area contributed by atoms with Gasteiger partial charge in [0.25, 0.3) is 0 Å². The van der Waals surface area contributed by atoms with Crippen LogP contribution >= 0.6 is 11.3 Å². The lowest BCUT2D eigenvalue weighted by Crippen LogP contribution is -2.19. The summed E-state index contributed by atoms with van der Waals surface area (Å²) in [4.78, 5) is 15.4. The first-order chi connectivity index (χ1) is 7.29. The zero-order chi connectivity index (χ0) is 10.7. The van der Waals surface area contributed by atoms with Crippen LogP contribution < -0.4 is 5.32 Å². The number of amides is 1. The summed E-state index contributed by atoms with van der Waals surface area (Å²) in [5.74, 6) is 0.703. The summed E-state index contributed by atoms with van der Waals surface area (Å²) in [7, 11) is 1.61. The zero-order valence-electron chi connectivity index (χ0n) is 8.19. The van der Waals surface area contributed by atoms with Crippen molar-refractivity contribution in [2.75, 3.05) is 7.05 Å². The third-order valence-electron chi connectivity index (χ3n) is 1.90. The summed E-state index contributed by atoms with van der Waals surface area (Å²) >= 11 is 1.47. The SMILES string of the molecule is CNC(=O)Cc1csc(-c2ccco2)n1. The first-order valence-corrected chi connectivity index (χ1v) is 5.36. The summed E-state index contributed by atoms with van der Waals surface area (Å²) in [6, 6.07) is 3.66. The largest absolute Gasteiger partial charge is 0.462 e. The van der Waals surface area contributed by atoms with Gasteiger partial charge in [0.15, 0.2) is 10.8 Å². The Labute approximate surface area is 90.9 Å². The zero-order valence-corrected chi connectivity index (χ0v) is 9.00. The smallest absolute Gasteiger partial charge is 0.225 e. The van der Waals surface area contributed by atoms with Crippen molar-refractivity contribution in [2.24, 2.45) is 0 Å². The van der Waals surface area contributed by atoms with E-state index in [0.717, 1.165) is 16.5 Å². The highest BCUT2D eigenvalue weighted by Gasteiger charge is 2.09. The fourth-order valence-corrected chi connectivity index (χ4v) is 1.94. The number of hydrogen-bond donors (Lipinski definition) is 1. The summed E-state index contributed by atoms with van der Waals surface area (Å²) in [5, 5.41) is 5.23. The van der Waals surface area contributed by atoms with Crippen LogP contribution in [0.1, 0.15) is 5.69 Å². The quantitative estimate of drug-likeness (QED) is 0.859. The Morgan fingerprint density at radius 2 is 2.53 bits per heavy atom. The standard InChI is InChI=1S/C10H10N2O2S/c1-11-9(13)5-7-6-15-10(12-7)8-3-2-4-14-8/h2-4,6H,5H2,1H3,(H,11,13). The van der Waals surface area contributed by atoms with Crippen LogP contribution in [0.4, 0.5) is 0 Å². The van der Waals surface area contributed by atoms with Gasteiger partial charge in [-0.2, -0.15) is 0 Å². The van der Waals surface area contributed by atoms with Gasteiger partial charge in [-0.3, -0.25) is 4.79 Å². The first-order valence-electron chi connectivity index (χ1n) is 4.48. The van der Waals surface area contributed by atoms with Crippen LogP contribution in [0.3, 0.4) is 0 Å². The van der Waals surface area contributed by atoms with E-state index in [1.54, 1.807) is 13.3 Å². The molecule has 4 nitrogen and oxygen atoms in total. The molecule has 0 fully saturated rings. The molecule has 1 N–H and O–H groups in total. The van der Waals surface area contributed by atoms with Gasteiger partial charge in [-0.1, -0.05) is 0 Å². The molecule has 0 bridgehead atoms. The van der Waals surface area contributed by atoms with Gasteiger partial charge in [0.05, 0.1) is 18.4 Å². The van der Waals surface area contributed by atoms with Crippen LogP contribution in [0.2, 0.25) is 0 Å². The number of rotatable bonds is 3. The molecule has 0 atom stereocenters. The second-order valence-corrected chi connectivity index (χ2v) is 3.83. The molecular weight excluding hydrogens is 212 g/mol. The number of aromatic nitrogens is 1. The molecule has 0 saturated heterocycles. The van der Waals surface area contributed by atoms with E-state index in [2.05, 4.69) is 10.3 Å². The molecule has 0 spiro atoms. The van der Waals surface area contributed by atoms with Crippen LogP contribution in [0, 0.1) is 0 Å². The average molecular weight is 222 g/mol. The normalized spacial score (nSPS) is 10.2. The highest BCUT2D eigenvalue weighted by Crippen LogP contribution is 2.23. The van der Waals surface area contributed by atoms with E-state index >= 15 is 0 Å². The minimum absolute atomic E-state index is 0.0358. The molecule has 15 heavy (non-hydrogen) atoms.